The first-order chi connectivity index (χ1) is 12.2. The fraction of sp³-hybridized carbons (Fsp3) is 0.765. The highest BCUT2D eigenvalue weighted by molar-refractivity contribution is 7.89. The monoisotopic (exact) mass is 384 g/mol. The molecule has 8 nitrogen and oxygen atoms in total. The van der Waals surface area contributed by atoms with Gasteiger partial charge < -0.3 is 9.64 Å². The molecule has 1 atom stereocenters. The molecule has 9 heteroatoms. The fourth-order valence-electron chi connectivity index (χ4n) is 3.36. The molecule has 0 radical (unpaired) electrons. The van der Waals surface area contributed by atoms with Gasteiger partial charge in [-0.15, -0.1) is 0 Å². The highest BCUT2D eigenvalue weighted by Gasteiger charge is 2.37. The van der Waals surface area contributed by atoms with E-state index in [1.54, 1.807) is 22.0 Å². The van der Waals surface area contributed by atoms with Gasteiger partial charge in [-0.1, -0.05) is 0 Å². The third kappa shape index (κ3) is 3.94. The number of amides is 1. The van der Waals surface area contributed by atoms with E-state index in [0.29, 0.717) is 51.3 Å². The summed E-state index contributed by atoms with van der Waals surface area (Å²) in [6, 6.07) is 0. The number of hydrogen-bond acceptors (Lipinski definition) is 5. The molecule has 2 aliphatic heterocycles. The number of ether oxygens (including phenoxy) is 1. The van der Waals surface area contributed by atoms with Crippen LogP contribution in [0.1, 0.15) is 44.0 Å². The van der Waals surface area contributed by atoms with Crippen LogP contribution in [-0.4, -0.2) is 78.0 Å². The Morgan fingerprint density at radius 2 is 1.92 bits per heavy atom. The molecule has 0 aromatic carbocycles. The molecule has 0 spiro atoms. The van der Waals surface area contributed by atoms with E-state index in [4.69, 9.17) is 4.74 Å². The van der Waals surface area contributed by atoms with Crippen molar-refractivity contribution in [2.24, 2.45) is 0 Å². The second kappa shape index (κ2) is 7.28. The van der Waals surface area contributed by atoms with Gasteiger partial charge in [-0.3, -0.25) is 9.48 Å². The maximum atomic E-state index is 12.9. The van der Waals surface area contributed by atoms with Crippen LogP contribution in [0.5, 0.6) is 0 Å². The van der Waals surface area contributed by atoms with Crippen LogP contribution >= 0.6 is 0 Å². The number of hydrogen-bond donors (Lipinski definition) is 0. The van der Waals surface area contributed by atoms with Gasteiger partial charge in [-0.25, -0.2) is 8.42 Å². The van der Waals surface area contributed by atoms with Gasteiger partial charge in [0.15, 0.2) is 0 Å². The predicted molar refractivity (Wildman–Crippen MR) is 97.5 cm³/mol. The topological polar surface area (TPSA) is 84.7 Å². The fourth-order valence-corrected chi connectivity index (χ4v) is 5.27. The lowest BCUT2D eigenvalue weighted by molar-refractivity contribution is 0.0685. The van der Waals surface area contributed by atoms with Gasteiger partial charge in [0.2, 0.25) is 10.0 Å². The number of sulfonamides is 1. The van der Waals surface area contributed by atoms with Crippen molar-refractivity contribution in [3.8, 4) is 0 Å². The number of nitrogens with zero attached hydrogens (tertiary/aromatic N) is 4. The van der Waals surface area contributed by atoms with Crippen molar-refractivity contribution < 1.29 is 17.9 Å². The molecular formula is C17H28N4O4S. The minimum atomic E-state index is -3.41. The van der Waals surface area contributed by atoms with E-state index >= 15 is 0 Å². The summed E-state index contributed by atoms with van der Waals surface area (Å²) < 4.78 is 34.3. The molecule has 1 aromatic rings. The number of carbonyl (C=O) groups is 1. The minimum absolute atomic E-state index is 0.151. The van der Waals surface area contributed by atoms with E-state index in [-0.39, 0.29) is 18.0 Å². The summed E-state index contributed by atoms with van der Waals surface area (Å²) in [4.78, 5) is 14.5. The van der Waals surface area contributed by atoms with E-state index in [1.807, 2.05) is 20.8 Å². The molecule has 0 bridgehead atoms. The number of rotatable bonds is 3. The summed E-state index contributed by atoms with van der Waals surface area (Å²) in [5, 5.41) is 3.73. The second-order valence-corrected chi connectivity index (χ2v) is 10.1. The van der Waals surface area contributed by atoms with Crippen LogP contribution in [0.3, 0.4) is 0 Å². The number of carbonyl (C=O) groups excluding carboxylic acids is 1. The standard InChI is InChI=1S/C17H28N4O4S/c1-17(2,3)21-12-14(11-18-21)16(22)19-6-4-5-15(13-19)26(23,24)20-7-9-25-10-8-20/h11-12,15H,4-10,13H2,1-3H3. The van der Waals surface area contributed by atoms with Gasteiger partial charge in [0.1, 0.15) is 0 Å². The van der Waals surface area contributed by atoms with Gasteiger partial charge in [0.25, 0.3) is 5.91 Å². The normalized spacial score (nSPS) is 23.2. The molecule has 26 heavy (non-hydrogen) atoms. The Morgan fingerprint density at radius 1 is 1.23 bits per heavy atom. The second-order valence-electron chi connectivity index (χ2n) is 7.92. The minimum Gasteiger partial charge on any atom is -0.379 e. The highest BCUT2D eigenvalue weighted by Crippen LogP contribution is 2.23. The average Bonchev–Trinajstić information content (AvgIpc) is 3.12. The first kappa shape index (κ1) is 19.3. The van der Waals surface area contributed by atoms with Gasteiger partial charge in [-0.05, 0) is 33.6 Å². The third-order valence-electron chi connectivity index (χ3n) is 4.93. The molecule has 1 amide bonds. The van der Waals surface area contributed by atoms with E-state index in [0.717, 1.165) is 0 Å². The van der Waals surface area contributed by atoms with E-state index in [9.17, 15) is 13.2 Å². The number of piperidine rings is 1. The molecule has 146 valence electrons. The lowest BCUT2D eigenvalue weighted by atomic mass is 10.1. The zero-order valence-electron chi connectivity index (χ0n) is 15.7. The average molecular weight is 385 g/mol. The number of morpholine rings is 1. The van der Waals surface area contributed by atoms with Gasteiger partial charge in [-0.2, -0.15) is 9.40 Å². The van der Waals surface area contributed by atoms with E-state index in [1.165, 1.54) is 4.31 Å². The quantitative estimate of drug-likeness (QED) is 0.773. The molecule has 2 saturated heterocycles. The molecule has 0 saturated carbocycles. The lowest BCUT2D eigenvalue weighted by Gasteiger charge is -2.36. The van der Waals surface area contributed by atoms with E-state index in [2.05, 4.69) is 5.10 Å². The molecule has 1 aromatic heterocycles. The van der Waals surface area contributed by atoms with Crippen molar-refractivity contribution in [1.29, 1.82) is 0 Å². The Bertz CT molecular complexity index is 747. The molecule has 0 N–H and O–H groups in total. The summed E-state index contributed by atoms with van der Waals surface area (Å²) in [6.45, 7) is 8.51. The third-order valence-corrected chi connectivity index (χ3v) is 7.25. The van der Waals surface area contributed by atoms with Crippen LogP contribution in [-0.2, 0) is 20.3 Å². The summed E-state index contributed by atoms with van der Waals surface area (Å²) >= 11 is 0. The molecular weight excluding hydrogens is 356 g/mol. The Hall–Kier alpha value is -1.45. The molecule has 2 aliphatic rings. The molecule has 0 aliphatic carbocycles. The molecule has 3 rings (SSSR count). The first-order valence-electron chi connectivity index (χ1n) is 9.11. The highest BCUT2D eigenvalue weighted by atomic mass is 32.2. The largest absolute Gasteiger partial charge is 0.379 e. The van der Waals surface area contributed by atoms with Crippen LogP contribution in [0.4, 0.5) is 0 Å². The van der Waals surface area contributed by atoms with Crippen LogP contribution in [0.2, 0.25) is 0 Å². The smallest absolute Gasteiger partial charge is 0.257 e. The predicted octanol–water partition coefficient (Wildman–Crippen LogP) is 0.905. The van der Waals surface area contributed by atoms with Crippen LogP contribution < -0.4 is 0 Å². The first-order valence-corrected chi connectivity index (χ1v) is 10.6. The summed E-state index contributed by atoms with van der Waals surface area (Å²) in [6.07, 6.45) is 4.58. The van der Waals surface area contributed by atoms with Crippen LogP contribution in [0, 0.1) is 0 Å². The van der Waals surface area contributed by atoms with E-state index < -0.39 is 15.3 Å². The van der Waals surface area contributed by atoms with Crippen molar-refractivity contribution in [1.82, 2.24) is 19.0 Å². The summed E-state index contributed by atoms with van der Waals surface area (Å²) in [7, 11) is -3.41. The number of aromatic nitrogens is 2. The summed E-state index contributed by atoms with van der Waals surface area (Å²) in [5.41, 5.74) is 0.298. The number of likely N-dealkylation sites (tertiary alicyclic amines) is 1. The van der Waals surface area contributed by atoms with Crippen molar-refractivity contribution in [2.75, 3.05) is 39.4 Å². The SMILES string of the molecule is CC(C)(C)n1cc(C(=O)N2CCCC(S(=O)(=O)N3CCOCC3)C2)cn1. The maximum Gasteiger partial charge on any atom is 0.257 e. The molecule has 2 fully saturated rings. The van der Waals surface area contributed by atoms with Crippen molar-refractivity contribution in [3.63, 3.8) is 0 Å². The molecule has 3 heterocycles. The van der Waals surface area contributed by atoms with Crippen LogP contribution in [0.25, 0.3) is 0 Å². The van der Waals surface area contributed by atoms with Gasteiger partial charge >= 0.3 is 0 Å². The Labute approximate surface area is 155 Å². The zero-order chi connectivity index (χ0) is 18.9. The van der Waals surface area contributed by atoms with Crippen LogP contribution in [0.15, 0.2) is 12.4 Å². The molecule has 1 unspecified atom stereocenters. The Balaban J connectivity index is 1.71. The Kier molecular flexibility index (Phi) is 5.41. The summed E-state index contributed by atoms with van der Waals surface area (Å²) in [5.74, 6) is -0.151. The maximum absolute atomic E-state index is 12.9. The lowest BCUT2D eigenvalue weighted by Crippen LogP contribution is -2.51. The van der Waals surface area contributed by atoms with Gasteiger partial charge in [0, 0.05) is 32.4 Å². The van der Waals surface area contributed by atoms with Crippen molar-refractivity contribution >= 4 is 15.9 Å². The van der Waals surface area contributed by atoms with Crippen molar-refractivity contribution in [2.45, 2.75) is 44.4 Å². The Morgan fingerprint density at radius 3 is 2.54 bits per heavy atom. The zero-order valence-corrected chi connectivity index (χ0v) is 16.5. The van der Waals surface area contributed by atoms with Crippen molar-refractivity contribution in [3.05, 3.63) is 18.0 Å². The van der Waals surface area contributed by atoms with Gasteiger partial charge in [0.05, 0.1) is 35.8 Å².